The van der Waals surface area contributed by atoms with Gasteiger partial charge in [0.25, 0.3) is 5.70 Å². The lowest BCUT2D eigenvalue weighted by Gasteiger charge is -1.75. The zero-order valence-electron chi connectivity index (χ0n) is 8.68. The summed E-state index contributed by atoms with van der Waals surface area (Å²) in [6, 6.07) is 4.84. The number of hydrogen-bond donors (Lipinski definition) is 0. The molecule has 0 amide bonds. The largest absolute Gasteiger partial charge is 0.526 e. The van der Waals surface area contributed by atoms with Gasteiger partial charge in [0.1, 0.15) is 30.9 Å². The van der Waals surface area contributed by atoms with Gasteiger partial charge in [-0.05, 0) is 0 Å². The fraction of sp³-hybridized carbons (Fsp3) is 0. The normalized spacial score (nSPS) is 13.7. The molecule has 0 unspecified atom stereocenters. The van der Waals surface area contributed by atoms with Gasteiger partial charge in [0.15, 0.2) is 0 Å². The highest BCUT2D eigenvalue weighted by Gasteiger charge is 2.44. The van der Waals surface area contributed by atoms with Gasteiger partial charge < -0.3 is 0 Å². The van der Waals surface area contributed by atoms with Gasteiger partial charge in [-0.15, -0.1) is 0 Å². The van der Waals surface area contributed by atoms with Crippen molar-refractivity contribution in [2.75, 3.05) is 0 Å². The maximum Gasteiger partial charge on any atom is 0.526 e. The fourth-order valence-corrected chi connectivity index (χ4v) is 1.31. The van der Waals surface area contributed by atoms with Crippen LogP contribution in [0.25, 0.3) is 14.5 Å². The number of nitriles is 3. The Hall–Kier alpha value is -3.84. The summed E-state index contributed by atoms with van der Waals surface area (Å²) in [5.74, 6) is -0.348. The Kier molecular flexibility index (Phi) is 3.25. The molecule has 0 aromatic carbocycles. The molecule has 6 nitrogen and oxygen atoms in total. The van der Waals surface area contributed by atoms with E-state index in [4.69, 9.17) is 35.5 Å². The summed E-state index contributed by atoms with van der Waals surface area (Å²) in [4.78, 5) is 8.84. The zero-order valence-corrected chi connectivity index (χ0v) is 8.68. The van der Waals surface area contributed by atoms with Crippen molar-refractivity contribution in [3.05, 3.63) is 68.1 Å². The molecule has 0 bridgehead atoms. The molecule has 1 fully saturated rings. The lowest BCUT2D eigenvalue weighted by Crippen LogP contribution is -1.71. The number of rotatable bonds is 0. The average Bonchev–Trinajstić information content (AvgIpc) is 3.10. The van der Waals surface area contributed by atoms with Gasteiger partial charge in [-0.2, -0.15) is 20.2 Å². The first-order valence-electron chi connectivity index (χ1n) is 4.26. The number of allylic oxidation sites excluding steroid dienone is 5. The van der Waals surface area contributed by atoms with Crippen LogP contribution in [0.4, 0.5) is 0 Å². The van der Waals surface area contributed by atoms with E-state index in [0.717, 1.165) is 0 Å². The smallest absolute Gasteiger partial charge is 0.226 e. The van der Waals surface area contributed by atoms with Crippen molar-refractivity contribution in [3.8, 4) is 18.2 Å². The first kappa shape index (κ1) is 12.2. The summed E-state index contributed by atoms with van der Waals surface area (Å²) in [7, 11) is 0. The van der Waals surface area contributed by atoms with E-state index in [1.54, 1.807) is 18.2 Å². The van der Waals surface area contributed by atoms with E-state index in [1.165, 1.54) is 0 Å². The summed E-state index contributed by atoms with van der Waals surface area (Å²) in [6.45, 7) is 20.4. The van der Waals surface area contributed by atoms with Crippen LogP contribution in [0.1, 0.15) is 0 Å². The van der Waals surface area contributed by atoms with Gasteiger partial charge in [-0.3, -0.25) is 0 Å². The van der Waals surface area contributed by atoms with Crippen LogP contribution in [0, 0.1) is 53.7 Å². The summed E-state index contributed by atoms with van der Waals surface area (Å²) in [6.07, 6.45) is 0. The van der Waals surface area contributed by atoms with E-state index in [0.29, 0.717) is 0 Å². The minimum Gasteiger partial charge on any atom is -0.226 e. The Balaban J connectivity index is 3.79. The van der Waals surface area contributed by atoms with E-state index in [-0.39, 0.29) is 33.8 Å². The standard InChI is InChI=1S/C12N6/c1-16-8(6-15)10-9(7(4-13)5-14)11(10)12(17-2)18-3. The van der Waals surface area contributed by atoms with Crippen LogP contribution in [0.2, 0.25) is 0 Å². The Labute approximate surface area is 103 Å². The quantitative estimate of drug-likeness (QED) is 0.470. The minimum atomic E-state index is -0.348. The maximum absolute atomic E-state index is 8.74. The Morgan fingerprint density at radius 2 is 1.33 bits per heavy atom. The van der Waals surface area contributed by atoms with Crippen LogP contribution in [-0.4, -0.2) is 0 Å². The second-order valence-corrected chi connectivity index (χ2v) is 2.84. The van der Waals surface area contributed by atoms with Gasteiger partial charge in [-0.1, -0.05) is 0 Å². The van der Waals surface area contributed by atoms with Crippen LogP contribution in [0.15, 0.2) is 33.8 Å². The lowest BCUT2D eigenvalue weighted by molar-refractivity contribution is 1.45. The van der Waals surface area contributed by atoms with Gasteiger partial charge in [0, 0.05) is 11.1 Å². The Morgan fingerprint density at radius 3 is 1.67 bits per heavy atom. The van der Waals surface area contributed by atoms with Crippen LogP contribution in [-0.2, 0) is 0 Å². The fourth-order valence-electron chi connectivity index (χ4n) is 1.31. The SMILES string of the molecule is [C-]#[N+]C(C#N)=C1C(=C(C#N)C#N)C1=C([N+]#[C-])[N+]#[C-]. The summed E-state index contributed by atoms with van der Waals surface area (Å²) in [5.41, 5.74) is -0.443. The highest BCUT2D eigenvalue weighted by molar-refractivity contribution is 5.87. The van der Waals surface area contributed by atoms with Gasteiger partial charge in [-0.25, -0.2) is 10.1 Å². The van der Waals surface area contributed by atoms with Crippen molar-refractivity contribution in [1.82, 2.24) is 0 Å². The van der Waals surface area contributed by atoms with E-state index >= 15 is 0 Å². The van der Waals surface area contributed by atoms with Crippen LogP contribution >= 0.6 is 0 Å². The molecule has 1 aliphatic rings. The molecule has 1 saturated carbocycles. The molecule has 6 heteroatoms. The van der Waals surface area contributed by atoms with Crippen molar-refractivity contribution < 1.29 is 0 Å². The van der Waals surface area contributed by atoms with Gasteiger partial charge >= 0.3 is 5.82 Å². The third-order valence-corrected chi connectivity index (χ3v) is 2.05. The van der Waals surface area contributed by atoms with Crippen molar-refractivity contribution in [1.29, 1.82) is 15.8 Å². The maximum atomic E-state index is 8.74. The molecule has 18 heavy (non-hydrogen) atoms. The van der Waals surface area contributed by atoms with Crippen LogP contribution in [0.3, 0.4) is 0 Å². The first-order chi connectivity index (χ1) is 8.69. The molecule has 0 spiro atoms. The third kappa shape index (κ3) is 1.66. The molecular formula is C12N6. The second-order valence-electron chi connectivity index (χ2n) is 2.84. The highest BCUT2D eigenvalue weighted by atomic mass is 14.9. The summed E-state index contributed by atoms with van der Waals surface area (Å²) < 4.78 is 0. The Morgan fingerprint density at radius 1 is 0.778 bits per heavy atom. The predicted molar refractivity (Wildman–Crippen MR) is 57.7 cm³/mol. The summed E-state index contributed by atoms with van der Waals surface area (Å²) in [5, 5.41) is 26.2. The molecule has 1 aliphatic carbocycles. The molecule has 78 valence electrons. The molecule has 0 saturated heterocycles. The summed E-state index contributed by atoms with van der Waals surface area (Å²) >= 11 is 0. The monoisotopic (exact) mass is 228 g/mol. The molecule has 0 atom stereocenters. The molecule has 0 heterocycles. The third-order valence-electron chi connectivity index (χ3n) is 2.05. The van der Waals surface area contributed by atoms with Crippen molar-refractivity contribution >= 4 is 0 Å². The van der Waals surface area contributed by atoms with Crippen molar-refractivity contribution in [3.63, 3.8) is 0 Å². The Bertz CT molecular complexity index is 609. The number of hydrogen-bond acceptors (Lipinski definition) is 3. The molecule has 0 aromatic rings. The van der Waals surface area contributed by atoms with Crippen LogP contribution in [0.5, 0.6) is 0 Å². The van der Waals surface area contributed by atoms with Crippen molar-refractivity contribution in [2.24, 2.45) is 0 Å². The lowest BCUT2D eigenvalue weighted by atomic mass is 10.2. The zero-order chi connectivity index (χ0) is 13.7. The van der Waals surface area contributed by atoms with Gasteiger partial charge in [0.05, 0.1) is 18.2 Å². The average molecular weight is 228 g/mol. The number of nitrogens with zero attached hydrogens (tertiary/aromatic N) is 6. The van der Waals surface area contributed by atoms with Crippen molar-refractivity contribution in [2.45, 2.75) is 0 Å². The molecule has 0 radical (unpaired) electrons. The van der Waals surface area contributed by atoms with E-state index in [9.17, 15) is 0 Å². The predicted octanol–water partition coefficient (Wildman–Crippen LogP) is 2.09. The highest BCUT2D eigenvalue weighted by Crippen LogP contribution is 2.51. The van der Waals surface area contributed by atoms with Crippen LogP contribution < -0.4 is 0 Å². The van der Waals surface area contributed by atoms with Gasteiger partial charge in [0.2, 0.25) is 0 Å². The topological polar surface area (TPSA) is 84.4 Å². The molecule has 0 N–H and O–H groups in total. The minimum absolute atomic E-state index is 0.0608. The molecule has 1 rings (SSSR count). The van der Waals surface area contributed by atoms with E-state index < -0.39 is 0 Å². The van der Waals surface area contributed by atoms with E-state index in [2.05, 4.69) is 14.5 Å². The molecule has 0 aromatic heterocycles. The second kappa shape index (κ2) is 4.79. The molecular weight excluding hydrogens is 228 g/mol. The molecule has 0 aliphatic heterocycles. The first-order valence-corrected chi connectivity index (χ1v) is 4.26. The van der Waals surface area contributed by atoms with E-state index in [1.807, 2.05) is 0 Å².